The minimum atomic E-state index is -0.723. The molecule has 0 saturated heterocycles. The van der Waals surface area contributed by atoms with E-state index in [4.69, 9.17) is 15.6 Å². The number of hydrogen-bond acceptors (Lipinski definition) is 5. The third-order valence-corrected chi connectivity index (χ3v) is 2.95. The number of ether oxygens (including phenoxy) is 1. The molecule has 0 bridgehead atoms. The second kappa shape index (κ2) is 5.38. The summed E-state index contributed by atoms with van der Waals surface area (Å²) in [7, 11) is 0. The van der Waals surface area contributed by atoms with Gasteiger partial charge in [-0.1, -0.05) is 6.07 Å². The van der Waals surface area contributed by atoms with Crippen LogP contribution in [-0.2, 0) is 16.1 Å². The molecule has 0 spiro atoms. The Labute approximate surface area is 110 Å². The number of hydrogen-bond donors (Lipinski definition) is 2. The highest BCUT2D eigenvalue weighted by atomic mass is 16.5. The van der Waals surface area contributed by atoms with Gasteiger partial charge in [-0.3, -0.25) is 9.59 Å². The van der Waals surface area contributed by atoms with Crippen molar-refractivity contribution in [2.45, 2.75) is 26.0 Å². The van der Waals surface area contributed by atoms with Gasteiger partial charge in [-0.2, -0.15) is 0 Å². The highest BCUT2D eigenvalue weighted by molar-refractivity contribution is 6.18. The van der Waals surface area contributed by atoms with Crippen LogP contribution in [0.3, 0.4) is 0 Å². The van der Waals surface area contributed by atoms with Crippen molar-refractivity contribution in [3.8, 4) is 5.75 Å². The lowest BCUT2D eigenvalue weighted by Gasteiger charge is -2.31. The van der Waals surface area contributed by atoms with E-state index in [1.54, 1.807) is 25.1 Å². The number of fused-ring (bicyclic) bond motifs is 1. The lowest BCUT2D eigenvalue weighted by atomic mass is 10.1. The number of carbonyl (C=O) groups excluding carboxylic acids is 2. The van der Waals surface area contributed by atoms with Crippen molar-refractivity contribution in [3.63, 3.8) is 0 Å². The highest BCUT2D eigenvalue weighted by Gasteiger charge is 2.35. The predicted octanol–water partition coefficient (Wildman–Crippen LogP) is 0.168. The zero-order valence-corrected chi connectivity index (χ0v) is 10.6. The van der Waals surface area contributed by atoms with E-state index in [0.29, 0.717) is 18.0 Å². The van der Waals surface area contributed by atoms with E-state index >= 15 is 0 Å². The summed E-state index contributed by atoms with van der Waals surface area (Å²) in [5.74, 6) is -0.409. The Morgan fingerprint density at radius 1 is 1.53 bits per heavy atom. The van der Waals surface area contributed by atoms with Crippen molar-refractivity contribution >= 4 is 17.5 Å². The van der Waals surface area contributed by atoms with Gasteiger partial charge in [0, 0.05) is 6.54 Å². The number of aliphatic hydroxyl groups is 1. The maximum atomic E-state index is 12.1. The molecule has 0 radical (unpaired) electrons. The molecule has 102 valence electrons. The van der Waals surface area contributed by atoms with Gasteiger partial charge in [0.25, 0.3) is 5.91 Å². The van der Waals surface area contributed by atoms with Crippen LogP contribution in [0.1, 0.15) is 18.9 Å². The van der Waals surface area contributed by atoms with Crippen LogP contribution in [-0.4, -0.2) is 29.6 Å². The van der Waals surface area contributed by atoms with E-state index < -0.39 is 17.9 Å². The van der Waals surface area contributed by atoms with E-state index in [1.165, 1.54) is 0 Å². The molecule has 2 amide bonds. The molecule has 1 aliphatic rings. The molecule has 0 aromatic heterocycles. The molecule has 1 aromatic carbocycles. The van der Waals surface area contributed by atoms with Gasteiger partial charge in [0.2, 0.25) is 5.91 Å². The van der Waals surface area contributed by atoms with Crippen LogP contribution in [0.15, 0.2) is 18.2 Å². The van der Waals surface area contributed by atoms with Gasteiger partial charge in [0.15, 0.2) is 6.10 Å². The fourth-order valence-corrected chi connectivity index (χ4v) is 1.97. The molecule has 1 aromatic rings. The summed E-state index contributed by atoms with van der Waals surface area (Å²) in [6, 6.07) is 5.14. The summed E-state index contributed by atoms with van der Waals surface area (Å²) < 4.78 is 5.46. The first-order valence-electron chi connectivity index (χ1n) is 6.05. The number of benzene rings is 1. The molecule has 0 fully saturated rings. The standard InChI is InChI=1S/C13H16N2O4/c1-8-13(18)15(12(17)4-5-16)10-6-9(7-14)2-3-11(10)19-8/h2-3,6,8,16H,4-5,7,14H2,1H3. The maximum Gasteiger partial charge on any atom is 0.274 e. The smallest absolute Gasteiger partial charge is 0.274 e. The van der Waals surface area contributed by atoms with Crippen LogP contribution in [0.2, 0.25) is 0 Å². The van der Waals surface area contributed by atoms with Crippen LogP contribution in [0.4, 0.5) is 5.69 Å². The lowest BCUT2D eigenvalue weighted by molar-refractivity contribution is -0.131. The topological polar surface area (TPSA) is 92.9 Å². The first-order valence-corrected chi connectivity index (χ1v) is 6.05. The number of aliphatic hydroxyl groups excluding tert-OH is 1. The fourth-order valence-electron chi connectivity index (χ4n) is 1.97. The van der Waals surface area contributed by atoms with E-state index in [1.807, 2.05) is 0 Å². The summed E-state index contributed by atoms with van der Waals surface area (Å²) >= 11 is 0. The molecule has 1 unspecified atom stereocenters. The largest absolute Gasteiger partial charge is 0.479 e. The molecule has 1 atom stereocenters. The molecule has 1 aliphatic heterocycles. The van der Waals surface area contributed by atoms with Crippen molar-refractivity contribution in [2.24, 2.45) is 5.73 Å². The second-order valence-electron chi connectivity index (χ2n) is 4.31. The van der Waals surface area contributed by atoms with Crippen molar-refractivity contribution in [2.75, 3.05) is 11.5 Å². The lowest BCUT2D eigenvalue weighted by Crippen LogP contribution is -2.48. The van der Waals surface area contributed by atoms with Crippen molar-refractivity contribution in [1.82, 2.24) is 0 Å². The third kappa shape index (κ3) is 2.45. The van der Waals surface area contributed by atoms with Gasteiger partial charge in [0.05, 0.1) is 18.7 Å². The van der Waals surface area contributed by atoms with Crippen molar-refractivity contribution in [1.29, 1.82) is 0 Å². The molecular weight excluding hydrogens is 248 g/mol. The molecule has 0 saturated carbocycles. The van der Waals surface area contributed by atoms with E-state index in [2.05, 4.69) is 0 Å². The van der Waals surface area contributed by atoms with Gasteiger partial charge in [0.1, 0.15) is 5.75 Å². The second-order valence-corrected chi connectivity index (χ2v) is 4.31. The Morgan fingerprint density at radius 2 is 2.26 bits per heavy atom. The number of rotatable bonds is 3. The molecular formula is C13H16N2O4. The number of carbonyl (C=O) groups is 2. The Kier molecular flexibility index (Phi) is 3.82. The summed E-state index contributed by atoms with van der Waals surface area (Å²) in [5, 5.41) is 8.86. The number of amides is 2. The Balaban J connectivity index is 2.47. The van der Waals surface area contributed by atoms with Crippen LogP contribution < -0.4 is 15.4 Å². The predicted molar refractivity (Wildman–Crippen MR) is 68.6 cm³/mol. The van der Waals surface area contributed by atoms with Gasteiger partial charge in [-0.25, -0.2) is 4.90 Å². The fraction of sp³-hybridized carbons (Fsp3) is 0.385. The number of nitrogens with two attached hydrogens (primary N) is 1. The number of nitrogens with zero attached hydrogens (tertiary/aromatic N) is 1. The van der Waals surface area contributed by atoms with Crippen molar-refractivity contribution in [3.05, 3.63) is 23.8 Å². The molecule has 19 heavy (non-hydrogen) atoms. The summed E-state index contributed by atoms with van der Waals surface area (Å²) in [5.41, 5.74) is 6.75. The zero-order valence-electron chi connectivity index (χ0n) is 10.6. The van der Waals surface area contributed by atoms with Crippen LogP contribution in [0, 0.1) is 0 Å². The normalized spacial score (nSPS) is 17.9. The van der Waals surface area contributed by atoms with Crippen LogP contribution in [0.25, 0.3) is 0 Å². The van der Waals surface area contributed by atoms with E-state index in [-0.39, 0.29) is 13.0 Å². The van der Waals surface area contributed by atoms with Crippen molar-refractivity contribution < 1.29 is 19.4 Å². The molecule has 1 heterocycles. The van der Waals surface area contributed by atoms with E-state index in [9.17, 15) is 9.59 Å². The Bertz CT molecular complexity index is 515. The zero-order chi connectivity index (χ0) is 14.0. The van der Waals surface area contributed by atoms with Gasteiger partial charge in [-0.05, 0) is 24.6 Å². The molecule has 6 nitrogen and oxygen atoms in total. The molecule has 6 heteroatoms. The quantitative estimate of drug-likeness (QED) is 0.811. The maximum absolute atomic E-state index is 12.1. The van der Waals surface area contributed by atoms with Crippen LogP contribution >= 0.6 is 0 Å². The average Bonchev–Trinajstić information content (AvgIpc) is 2.40. The summed E-state index contributed by atoms with van der Waals surface area (Å²) in [6.07, 6.45) is -0.830. The SMILES string of the molecule is CC1Oc2ccc(CN)cc2N(C(=O)CCO)C1=O. The first kappa shape index (κ1) is 13.5. The Hall–Kier alpha value is -1.92. The van der Waals surface area contributed by atoms with Gasteiger partial charge >= 0.3 is 0 Å². The first-order chi connectivity index (χ1) is 9.08. The Morgan fingerprint density at radius 3 is 2.89 bits per heavy atom. The van der Waals surface area contributed by atoms with Gasteiger partial charge in [-0.15, -0.1) is 0 Å². The van der Waals surface area contributed by atoms with Gasteiger partial charge < -0.3 is 15.6 Å². The molecule has 3 N–H and O–H groups in total. The summed E-state index contributed by atoms with van der Waals surface area (Å²) in [4.78, 5) is 25.1. The van der Waals surface area contributed by atoms with Crippen LogP contribution in [0.5, 0.6) is 5.75 Å². The monoisotopic (exact) mass is 264 g/mol. The molecule has 2 rings (SSSR count). The number of anilines is 1. The third-order valence-electron chi connectivity index (χ3n) is 2.95. The minimum Gasteiger partial charge on any atom is -0.479 e. The average molecular weight is 264 g/mol. The number of imide groups is 1. The van der Waals surface area contributed by atoms with E-state index in [0.717, 1.165) is 10.5 Å². The molecule has 0 aliphatic carbocycles. The minimum absolute atomic E-state index is 0.106. The summed E-state index contributed by atoms with van der Waals surface area (Å²) in [6.45, 7) is 1.59. The highest BCUT2D eigenvalue weighted by Crippen LogP contribution is 2.35.